The van der Waals surface area contributed by atoms with E-state index < -0.39 is 0 Å². The zero-order chi connectivity index (χ0) is 13.2. The lowest BCUT2D eigenvalue weighted by Gasteiger charge is -2.36. The summed E-state index contributed by atoms with van der Waals surface area (Å²) in [6.07, 6.45) is 5.88. The Kier molecular flexibility index (Phi) is 3.85. The lowest BCUT2D eigenvalue weighted by molar-refractivity contribution is 0.129. The summed E-state index contributed by atoms with van der Waals surface area (Å²) in [5.41, 5.74) is 8.22. The Morgan fingerprint density at radius 1 is 1.21 bits per heavy atom. The summed E-state index contributed by atoms with van der Waals surface area (Å²) in [6, 6.07) is 5.85. The Labute approximate surface area is 114 Å². The summed E-state index contributed by atoms with van der Waals surface area (Å²) in [7, 11) is 0. The molecule has 1 aromatic carbocycles. The van der Waals surface area contributed by atoms with Crippen molar-refractivity contribution in [1.82, 2.24) is 4.90 Å². The first-order chi connectivity index (χ1) is 9.28. The van der Waals surface area contributed by atoms with Gasteiger partial charge < -0.3 is 5.73 Å². The Hall–Kier alpha value is -0.930. The van der Waals surface area contributed by atoms with E-state index in [0.29, 0.717) is 6.04 Å². The average molecular weight is 262 g/mol. The monoisotopic (exact) mass is 262 g/mol. The Balaban J connectivity index is 1.66. The molecule has 3 rings (SSSR count). The van der Waals surface area contributed by atoms with Crippen molar-refractivity contribution in [2.75, 3.05) is 19.6 Å². The van der Waals surface area contributed by atoms with E-state index in [2.05, 4.69) is 4.90 Å². The SMILES string of the molecule is NCCC1CCN(C2CCc3cc(F)ccc32)CC1. The lowest BCUT2D eigenvalue weighted by atomic mass is 9.92. The third-order valence-electron chi connectivity index (χ3n) is 4.82. The Morgan fingerprint density at radius 2 is 2.00 bits per heavy atom. The van der Waals surface area contributed by atoms with Crippen LogP contribution in [0.25, 0.3) is 0 Å². The van der Waals surface area contributed by atoms with Crippen LogP contribution in [0.1, 0.15) is 42.9 Å². The summed E-state index contributed by atoms with van der Waals surface area (Å²) >= 11 is 0. The predicted octanol–water partition coefficient (Wildman–Crippen LogP) is 2.87. The highest BCUT2D eigenvalue weighted by Crippen LogP contribution is 2.38. The molecule has 0 saturated carbocycles. The van der Waals surface area contributed by atoms with Crippen LogP contribution in [0.2, 0.25) is 0 Å². The summed E-state index contributed by atoms with van der Waals surface area (Å²) in [4.78, 5) is 2.59. The largest absolute Gasteiger partial charge is 0.330 e. The quantitative estimate of drug-likeness (QED) is 0.907. The van der Waals surface area contributed by atoms with Crippen LogP contribution in [0.3, 0.4) is 0 Å². The van der Waals surface area contributed by atoms with E-state index in [4.69, 9.17) is 5.73 Å². The van der Waals surface area contributed by atoms with Gasteiger partial charge in [-0.25, -0.2) is 4.39 Å². The minimum atomic E-state index is -0.0962. The second-order valence-electron chi connectivity index (χ2n) is 5.95. The number of likely N-dealkylation sites (tertiary alicyclic amines) is 1. The number of hydrogen-bond acceptors (Lipinski definition) is 2. The van der Waals surface area contributed by atoms with E-state index in [9.17, 15) is 4.39 Å². The van der Waals surface area contributed by atoms with Gasteiger partial charge in [-0.15, -0.1) is 0 Å². The van der Waals surface area contributed by atoms with Gasteiger partial charge in [0.05, 0.1) is 0 Å². The summed E-state index contributed by atoms with van der Waals surface area (Å²) in [5.74, 6) is 0.719. The molecule has 2 nitrogen and oxygen atoms in total. The summed E-state index contributed by atoms with van der Waals surface area (Å²) in [5, 5.41) is 0. The second kappa shape index (κ2) is 5.59. The number of benzene rings is 1. The maximum atomic E-state index is 13.2. The minimum Gasteiger partial charge on any atom is -0.330 e. The van der Waals surface area contributed by atoms with E-state index in [1.807, 2.05) is 6.07 Å². The molecule has 2 N–H and O–H groups in total. The van der Waals surface area contributed by atoms with Crippen LogP contribution in [0.4, 0.5) is 4.39 Å². The number of halogens is 1. The van der Waals surface area contributed by atoms with Crippen molar-refractivity contribution in [3.05, 3.63) is 35.1 Å². The first-order valence-electron chi connectivity index (χ1n) is 7.50. The van der Waals surface area contributed by atoms with Gasteiger partial charge in [-0.05, 0) is 80.9 Å². The molecule has 2 aliphatic rings. The smallest absolute Gasteiger partial charge is 0.123 e. The fourth-order valence-corrected chi connectivity index (χ4v) is 3.73. The third kappa shape index (κ3) is 2.67. The molecular weight excluding hydrogens is 239 g/mol. The number of rotatable bonds is 3. The standard InChI is InChI=1S/C16H23FN2/c17-14-2-3-15-13(11-14)1-4-16(15)19-9-6-12(5-8-18)7-10-19/h2-3,11-12,16H,1,4-10,18H2. The van der Waals surface area contributed by atoms with Crippen molar-refractivity contribution in [3.8, 4) is 0 Å². The number of fused-ring (bicyclic) bond motifs is 1. The highest BCUT2D eigenvalue weighted by molar-refractivity contribution is 5.35. The average Bonchev–Trinajstić information content (AvgIpc) is 2.83. The molecular formula is C16H23FN2. The molecule has 3 heteroatoms. The molecule has 1 aliphatic heterocycles. The van der Waals surface area contributed by atoms with Gasteiger partial charge in [0, 0.05) is 6.04 Å². The number of nitrogens with zero attached hydrogens (tertiary/aromatic N) is 1. The Bertz CT molecular complexity index is 438. The maximum absolute atomic E-state index is 13.2. The molecule has 104 valence electrons. The molecule has 0 radical (unpaired) electrons. The van der Waals surface area contributed by atoms with Gasteiger partial charge in [0.1, 0.15) is 5.82 Å². The van der Waals surface area contributed by atoms with Crippen LogP contribution in [-0.4, -0.2) is 24.5 Å². The van der Waals surface area contributed by atoms with Crippen LogP contribution in [0.15, 0.2) is 18.2 Å². The molecule has 0 amide bonds. The molecule has 1 aromatic rings. The molecule has 19 heavy (non-hydrogen) atoms. The van der Waals surface area contributed by atoms with Crippen molar-refractivity contribution in [2.45, 2.75) is 38.1 Å². The molecule has 1 heterocycles. The fourth-order valence-electron chi connectivity index (χ4n) is 3.73. The molecule has 0 bridgehead atoms. The lowest BCUT2D eigenvalue weighted by Crippen LogP contribution is -2.36. The van der Waals surface area contributed by atoms with Crippen molar-refractivity contribution < 1.29 is 4.39 Å². The highest BCUT2D eigenvalue weighted by atomic mass is 19.1. The number of hydrogen-bond donors (Lipinski definition) is 1. The summed E-state index contributed by atoms with van der Waals surface area (Å²) in [6.45, 7) is 3.16. The van der Waals surface area contributed by atoms with Crippen LogP contribution in [-0.2, 0) is 6.42 Å². The van der Waals surface area contributed by atoms with Gasteiger partial charge in [0.15, 0.2) is 0 Å². The first kappa shape index (κ1) is 13.1. The van der Waals surface area contributed by atoms with Crippen molar-refractivity contribution in [1.29, 1.82) is 0 Å². The van der Waals surface area contributed by atoms with Gasteiger partial charge in [-0.3, -0.25) is 4.90 Å². The van der Waals surface area contributed by atoms with E-state index in [1.54, 1.807) is 12.1 Å². The summed E-state index contributed by atoms with van der Waals surface area (Å²) < 4.78 is 13.2. The number of piperidine rings is 1. The van der Waals surface area contributed by atoms with Crippen LogP contribution in [0.5, 0.6) is 0 Å². The topological polar surface area (TPSA) is 29.3 Å². The number of aryl methyl sites for hydroxylation is 1. The van der Waals surface area contributed by atoms with Crippen LogP contribution in [0, 0.1) is 11.7 Å². The first-order valence-corrected chi connectivity index (χ1v) is 7.50. The molecule has 1 unspecified atom stereocenters. The zero-order valence-corrected chi connectivity index (χ0v) is 11.4. The third-order valence-corrected chi connectivity index (χ3v) is 4.82. The predicted molar refractivity (Wildman–Crippen MR) is 75.4 cm³/mol. The van der Waals surface area contributed by atoms with E-state index in [1.165, 1.54) is 43.5 Å². The Morgan fingerprint density at radius 3 is 2.74 bits per heavy atom. The molecule has 0 spiro atoms. The highest BCUT2D eigenvalue weighted by Gasteiger charge is 2.30. The van der Waals surface area contributed by atoms with Crippen LogP contribution < -0.4 is 5.73 Å². The normalized spacial score (nSPS) is 24.6. The molecule has 0 aromatic heterocycles. The molecule has 1 aliphatic carbocycles. The van der Waals surface area contributed by atoms with Gasteiger partial charge in [0.25, 0.3) is 0 Å². The minimum absolute atomic E-state index is 0.0962. The van der Waals surface area contributed by atoms with Crippen molar-refractivity contribution >= 4 is 0 Å². The second-order valence-corrected chi connectivity index (χ2v) is 5.95. The van der Waals surface area contributed by atoms with Crippen LogP contribution >= 0.6 is 0 Å². The fraction of sp³-hybridized carbons (Fsp3) is 0.625. The molecule has 1 fully saturated rings. The van der Waals surface area contributed by atoms with Gasteiger partial charge in [-0.1, -0.05) is 6.07 Å². The van der Waals surface area contributed by atoms with Gasteiger partial charge >= 0.3 is 0 Å². The van der Waals surface area contributed by atoms with Gasteiger partial charge in [-0.2, -0.15) is 0 Å². The van der Waals surface area contributed by atoms with Gasteiger partial charge in [0.2, 0.25) is 0 Å². The van der Waals surface area contributed by atoms with E-state index in [-0.39, 0.29) is 5.82 Å². The van der Waals surface area contributed by atoms with Crippen molar-refractivity contribution in [2.24, 2.45) is 11.7 Å². The van der Waals surface area contributed by atoms with Crippen molar-refractivity contribution in [3.63, 3.8) is 0 Å². The number of nitrogens with two attached hydrogens (primary N) is 1. The maximum Gasteiger partial charge on any atom is 0.123 e. The zero-order valence-electron chi connectivity index (χ0n) is 11.4. The molecule has 1 atom stereocenters. The van der Waals surface area contributed by atoms with E-state index in [0.717, 1.165) is 25.3 Å². The molecule has 1 saturated heterocycles. The van der Waals surface area contributed by atoms with E-state index >= 15 is 0 Å².